The molecule has 0 amide bonds. The Labute approximate surface area is 119 Å². The summed E-state index contributed by atoms with van der Waals surface area (Å²) in [5.41, 5.74) is 6.43. The van der Waals surface area contributed by atoms with Crippen molar-refractivity contribution in [1.82, 2.24) is 9.97 Å². The van der Waals surface area contributed by atoms with E-state index in [1.165, 1.54) is 16.7 Å². The minimum absolute atomic E-state index is 0.111. The Morgan fingerprint density at radius 2 is 2.30 bits per heavy atom. The topological polar surface area (TPSA) is 101 Å². The number of hydrogen-bond donors (Lipinski definition) is 2. The van der Waals surface area contributed by atoms with Crippen molar-refractivity contribution in [2.75, 3.05) is 5.73 Å². The van der Waals surface area contributed by atoms with Crippen LogP contribution in [0.3, 0.4) is 0 Å². The largest absolute Gasteiger partial charge is 0.478 e. The predicted octanol–water partition coefficient (Wildman–Crippen LogP) is 2.59. The first kappa shape index (κ1) is 13.9. The number of aromatic carboxylic acids is 1. The maximum atomic E-state index is 11.1. The molecule has 2 aromatic heterocycles. The number of carboxylic acids is 1. The molecule has 0 atom stereocenters. The third-order valence-corrected chi connectivity index (χ3v) is 3.41. The summed E-state index contributed by atoms with van der Waals surface area (Å²) >= 11 is 1.20. The van der Waals surface area contributed by atoms with E-state index >= 15 is 0 Å². The van der Waals surface area contributed by atoms with Crippen molar-refractivity contribution in [1.29, 1.82) is 0 Å². The highest BCUT2D eigenvalue weighted by molar-refractivity contribution is 7.17. The van der Waals surface area contributed by atoms with Crippen molar-refractivity contribution >= 4 is 45.8 Å². The Bertz CT molecular complexity index is 746. The lowest BCUT2D eigenvalue weighted by Crippen LogP contribution is -2.02. The summed E-state index contributed by atoms with van der Waals surface area (Å²) in [6.45, 7) is 5.34. The van der Waals surface area contributed by atoms with E-state index in [9.17, 15) is 4.79 Å². The van der Waals surface area contributed by atoms with Gasteiger partial charge in [0, 0.05) is 5.38 Å². The molecule has 0 radical (unpaired) electrons. The van der Waals surface area contributed by atoms with Crippen LogP contribution in [-0.2, 0) is 0 Å². The zero-order chi connectivity index (χ0) is 14.7. The SMILES string of the molecule is C=N/C(=C\C=C/C)c1nc(N)c2c(C(=O)O)csc2n1. The van der Waals surface area contributed by atoms with Gasteiger partial charge in [0.2, 0.25) is 0 Å². The molecule has 102 valence electrons. The Kier molecular flexibility index (Phi) is 3.90. The number of carbonyl (C=O) groups is 1. The lowest BCUT2D eigenvalue weighted by Gasteiger charge is -2.03. The van der Waals surface area contributed by atoms with Crippen LogP contribution in [0.4, 0.5) is 5.82 Å². The molecular formula is C13H12N4O2S. The van der Waals surface area contributed by atoms with E-state index in [1.807, 2.05) is 13.0 Å². The lowest BCUT2D eigenvalue weighted by atomic mass is 10.2. The van der Waals surface area contributed by atoms with Crippen LogP contribution in [0.25, 0.3) is 15.9 Å². The molecule has 3 N–H and O–H groups in total. The predicted molar refractivity (Wildman–Crippen MR) is 81.1 cm³/mol. The molecule has 0 aliphatic heterocycles. The third-order valence-electron chi connectivity index (χ3n) is 2.54. The van der Waals surface area contributed by atoms with E-state index in [0.717, 1.165) is 0 Å². The minimum atomic E-state index is -1.05. The third kappa shape index (κ3) is 2.43. The summed E-state index contributed by atoms with van der Waals surface area (Å²) in [4.78, 5) is 23.9. The van der Waals surface area contributed by atoms with E-state index < -0.39 is 5.97 Å². The number of hydrogen-bond acceptors (Lipinski definition) is 6. The number of thiophene rings is 1. The van der Waals surface area contributed by atoms with Gasteiger partial charge in [-0.15, -0.1) is 11.3 Å². The second-order valence-corrected chi connectivity index (χ2v) is 4.66. The van der Waals surface area contributed by atoms with E-state index in [1.54, 1.807) is 12.2 Å². The number of nitrogens with two attached hydrogens (primary N) is 1. The Morgan fingerprint density at radius 1 is 1.55 bits per heavy atom. The Hall–Kier alpha value is -2.54. The zero-order valence-corrected chi connectivity index (χ0v) is 11.5. The quantitative estimate of drug-likeness (QED) is 0.665. The van der Waals surface area contributed by atoms with E-state index in [4.69, 9.17) is 10.8 Å². The average Bonchev–Trinajstić information content (AvgIpc) is 2.84. The van der Waals surface area contributed by atoms with Gasteiger partial charge in [0.1, 0.15) is 16.3 Å². The minimum Gasteiger partial charge on any atom is -0.478 e. The van der Waals surface area contributed by atoms with Gasteiger partial charge in [-0.1, -0.05) is 12.2 Å². The summed E-state index contributed by atoms with van der Waals surface area (Å²) in [6, 6.07) is 0. The summed E-state index contributed by atoms with van der Waals surface area (Å²) in [7, 11) is 0. The highest BCUT2D eigenvalue weighted by atomic mass is 32.1. The number of rotatable bonds is 4. The number of carboxylic acid groups (broad SMARTS) is 1. The Balaban J connectivity index is 2.65. The summed E-state index contributed by atoms with van der Waals surface area (Å²) in [5, 5.41) is 10.9. The summed E-state index contributed by atoms with van der Waals surface area (Å²) < 4.78 is 0. The molecule has 0 aliphatic rings. The number of fused-ring (bicyclic) bond motifs is 1. The van der Waals surface area contributed by atoms with Crippen LogP contribution in [0.5, 0.6) is 0 Å². The molecule has 0 saturated carbocycles. The fourth-order valence-electron chi connectivity index (χ4n) is 1.63. The van der Waals surface area contributed by atoms with E-state index in [2.05, 4.69) is 21.7 Å². The van der Waals surface area contributed by atoms with Crippen molar-refractivity contribution < 1.29 is 9.90 Å². The fourth-order valence-corrected chi connectivity index (χ4v) is 2.55. The van der Waals surface area contributed by atoms with Crippen molar-refractivity contribution in [3.63, 3.8) is 0 Å². The molecule has 2 heterocycles. The lowest BCUT2D eigenvalue weighted by molar-refractivity contribution is 0.0699. The second-order valence-electron chi connectivity index (χ2n) is 3.80. The number of allylic oxidation sites excluding steroid dienone is 3. The highest BCUT2D eigenvalue weighted by Crippen LogP contribution is 2.29. The molecule has 6 nitrogen and oxygen atoms in total. The zero-order valence-electron chi connectivity index (χ0n) is 10.7. The summed E-state index contributed by atoms with van der Waals surface area (Å²) in [6.07, 6.45) is 5.32. The molecule has 0 unspecified atom stereocenters. The fraction of sp³-hybridized carbons (Fsp3) is 0.0769. The number of nitrogen functional groups attached to an aromatic ring is 1. The summed E-state index contributed by atoms with van der Waals surface area (Å²) in [5.74, 6) is -0.605. The van der Waals surface area contributed by atoms with Gasteiger partial charge in [0.05, 0.1) is 10.9 Å². The molecule has 2 aromatic rings. The number of aromatic nitrogens is 2. The van der Waals surface area contributed by atoms with Crippen LogP contribution in [0.2, 0.25) is 0 Å². The smallest absolute Gasteiger partial charge is 0.337 e. The first-order valence-electron chi connectivity index (χ1n) is 5.66. The maximum Gasteiger partial charge on any atom is 0.337 e. The molecular weight excluding hydrogens is 276 g/mol. The van der Waals surface area contributed by atoms with Gasteiger partial charge in [0.15, 0.2) is 5.82 Å². The maximum absolute atomic E-state index is 11.1. The van der Waals surface area contributed by atoms with Crippen LogP contribution in [0.1, 0.15) is 23.1 Å². The van der Waals surface area contributed by atoms with Crippen molar-refractivity contribution in [2.24, 2.45) is 4.99 Å². The van der Waals surface area contributed by atoms with Gasteiger partial charge >= 0.3 is 5.97 Å². The van der Waals surface area contributed by atoms with Crippen LogP contribution in [0.15, 0.2) is 28.6 Å². The van der Waals surface area contributed by atoms with Gasteiger partial charge in [-0.2, -0.15) is 0 Å². The van der Waals surface area contributed by atoms with Crippen LogP contribution in [-0.4, -0.2) is 27.8 Å². The van der Waals surface area contributed by atoms with Crippen LogP contribution < -0.4 is 5.73 Å². The van der Waals surface area contributed by atoms with Gasteiger partial charge < -0.3 is 10.8 Å². The van der Waals surface area contributed by atoms with Gasteiger partial charge in [-0.25, -0.2) is 14.8 Å². The number of anilines is 1. The Morgan fingerprint density at radius 3 is 2.90 bits per heavy atom. The molecule has 2 rings (SSSR count). The number of nitrogens with zero attached hydrogens (tertiary/aromatic N) is 3. The van der Waals surface area contributed by atoms with Crippen molar-refractivity contribution in [3.8, 4) is 0 Å². The monoisotopic (exact) mass is 288 g/mol. The molecule has 7 heteroatoms. The van der Waals surface area contributed by atoms with Crippen LogP contribution in [0, 0.1) is 0 Å². The normalized spacial score (nSPS) is 12.2. The van der Waals surface area contributed by atoms with Gasteiger partial charge in [-0.3, -0.25) is 4.99 Å². The van der Waals surface area contributed by atoms with Crippen molar-refractivity contribution in [2.45, 2.75) is 6.92 Å². The average molecular weight is 288 g/mol. The molecule has 0 bridgehead atoms. The van der Waals surface area contributed by atoms with Gasteiger partial charge in [0.25, 0.3) is 0 Å². The van der Waals surface area contributed by atoms with Gasteiger partial charge in [-0.05, 0) is 19.7 Å². The van der Waals surface area contributed by atoms with Crippen molar-refractivity contribution in [3.05, 3.63) is 35.0 Å². The molecule has 0 aromatic carbocycles. The first-order valence-corrected chi connectivity index (χ1v) is 6.54. The standard InChI is InChI=1S/C13H12N4O2S/c1-3-4-5-8(15-2)11-16-10(14)9-7(13(18)19)6-20-12(9)17-11/h3-6H,2H2,1H3,(H,18,19)(H2,14,16,17)/b4-3-,8-5-. The molecule has 0 spiro atoms. The number of aliphatic imine (C=N–C) groups is 1. The van der Waals surface area contributed by atoms with E-state index in [-0.39, 0.29) is 11.4 Å². The first-order chi connectivity index (χ1) is 9.58. The van der Waals surface area contributed by atoms with E-state index in [0.29, 0.717) is 21.7 Å². The molecule has 20 heavy (non-hydrogen) atoms. The van der Waals surface area contributed by atoms with Crippen LogP contribution >= 0.6 is 11.3 Å². The highest BCUT2D eigenvalue weighted by Gasteiger charge is 2.17. The molecule has 0 fully saturated rings. The molecule has 0 saturated heterocycles. The molecule has 0 aliphatic carbocycles. The second kappa shape index (κ2) is 5.62.